The van der Waals surface area contributed by atoms with Crippen LogP contribution in [0.3, 0.4) is 0 Å². The molecule has 0 aromatic carbocycles. The van der Waals surface area contributed by atoms with Crippen molar-refractivity contribution in [2.75, 3.05) is 13.1 Å². The lowest BCUT2D eigenvalue weighted by atomic mass is 10.3. The minimum atomic E-state index is 0.504. The van der Waals surface area contributed by atoms with Crippen LogP contribution in [0.15, 0.2) is 12.4 Å². The van der Waals surface area contributed by atoms with Gasteiger partial charge in [-0.2, -0.15) is 5.10 Å². The standard InChI is InChI=1S/C17H24N6/c1-12-8-18-22(9-12)15-6-7-21(10-15)11-16-19-20-17(13-2-3-13)23(16)14-4-5-14/h8-9,13-15H,2-7,10-11H2,1H3. The highest BCUT2D eigenvalue weighted by Crippen LogP contribution is 2.44. The summed E-state index contributed by atoms with van der Waals surface area (Å²) in [5.41, 5.74) is 1.24. The van der Waals surface area contributed by atoms with Crippen molar-refractivity contribution in [2.45, 2.75) is 63.6 Å². The van der Waals surface area contributed by atoms with E-state index >= 15 is 0 Å². The van der Waals surface area contributed by atoms with Crippen LogP contribution in [0.1, 0.15) is 67.3 Å². The molecule has 1 unspecified atom stereocenters. The van der Waals surface area contributed by atoms with E-state index in [0.717, 1.165) is 19.6 Å². The van der Waals surface area contributed by atoms with Crippen LogP contribution in [0.4, 0.5) is 0 Å². The molecular weight excluding hydrogens is 288 g/mol. The highest BCUT2D eigenvalue weighted by Gasteiger charge is 2.37. The van der Waals surface area contributed by atoms with Crippen LogP contribution in [0.25, 0.3) is 0 Å². The number of hydrogen-bond donors (Lipinski definition) is 0. The van der Waals surface area contributed by atoms with Crippen LogP contribution >= 0.6 is 0 Å². The van der Waals surface area contributed by atoms with E-state index in [2.05, 4.69) is 42.6 Å². The van der Waals surface area contributed by atoms with E-state index in [1.807, 2.05) is 6.20 Å². The molecule has 5 rings (SSSR count). The molecule has 3 heterocycles. The normalized spacial score (nSPS) is 25.3. The summed E-state index contributed by atoms with van der Waals surface area (Å²) in [4.78, 5) is 2.52. The smallest absolute Gasteiger partial charge is 0.147 e. The molecule has 0 N–H and O–H groups in total. The summed E-state index contributed by atoms with van der Waals surface area (Å²) >= 11 is 0. The summed E-state index contributed by atoms with van der Waals surface area (Å²) in [6.45, 7) is 5.23. The molecule has 6 heteroatoms. The van der Waals surface area contributed by atoms with Gasteiger partial charge < -0.3 is 4.57 Å². The molecule has 1 saturated heterocycles. The van der Waals surface area contributed by atoms with Gasteiger partial charge in [-0.05, 0) is 44.6 Å². The van der Waals surface area contributed by atoms with Gasteiger partial charge in [0.2, 0.25) is 0 Å². The van der Waals surface area contributed by atoms with Gasteiger partial charge in [-0.3, -0.25) is 9.58 Å². The zero-order chi connectivity index (χ0) is 15.4. The van der Waals surface area contributed by atoms with Crippen LogP contribution < -0.4 is 0 Å². The first-order chi connectivity index (χ1) is 11.3. The number of rotatable bonds is 5. The maximum Gasteiger partial charge on any atom is 0.147 e. The van der Waals surface area contributed by atoms with Crippen molar-refractivity contribution in [3.05, 3.63) is 29.6 Å². The lowest BCUT2D eigenvalue weighted by Crippen LogP contribution is -2.23. The fourth-order valence-electron chi connectivity index (χ4n) is 3.80. The summed E-state index contributed by atoms with van der Waals surface area (Å²) in [6.07, 6.45) is 10.5. The molecule has 3 fully saturated rings. The van der Waals surface area contributed by atoms with Gasteiger partial charge in [-0.15, -0.1) is 10.2 Å². The van der Waals surface area contributed by atoms with Crippen LogP contribution in [-0.2, 0) is 6.54 Å². The van der Waals surface area contributed by atoms with Gasteiger partial charge in [0.05, 0.1) is 18.8 Å². The van der Waals surface area contributed by atoms with Gasteiger partial charge in [0.1, 0.15) is 11.6 Å². The summed E-state index contributed by atoms with van der Waals surface area (Å²) in [5.74, 6) is 3.14. The van der Waals surface area contributed by atoms with Gasteiger partial charge >= 0.3 is 0 Å². The first-order valence-electron chi connectivity index (χ1n) is 8.94. The minimum Gasteiger partial charge on any atom is -0.311 e. The van der Waals surface area contributed by atoms with E-state index in [0.29, 0.717) is 18.0 Å². The molecular formula is C17H24N6. The first kappa shape index (κ1) is 13.7. The molecule has 0 amide bonds. The number of likely N-dealkylation sites (tertiary alicyclic amines) is 1. The maximum atomic E-state index is 4.55. The number of aryl methyl sites for hydroxylation is 1. The lowest BCUT2D eigenvalue weighted by Gasteiger charge is -2.17. The van der Waals surface area contributed by atoms with Crippen molar-refractivity contribution in [3.8, 4) is 0 Å². The van der Waals surface area contributed by atoms with Gasteiger partial charge in [-0.25, -0.2) is 0 Å². The highest BCUT2D eigenvalue weighted by atomic mass is 15.4. The zero-order valence-corrected chi connectivity index (χ0v) is 13.7. The summed E-state index contributed by atoms with van der Waals surface area (Å²) < 4.78 is 4.61. The summed E-state index contributed by atoms with van der Waals surface area (Å²) in [5, 5.41) is 13.6. The predicted molar refractivity (Wildman–Crippen MR) is 86.2 cm³/mol. The minimum absolute atomic E-state index is 0.504. The van der Waals surface area contributed by atoms with Crippen molar-refractivity contribution in [3.63, 3.8) is 0 Å². The molecule has 3 aliphatic rings. The molecule has 23 heavy (non-hydrogen) atoms. The molecule has 2 aromatic heterocycles. The van der Waals surface area contributed by atoms with Crippen LogP contribution in [-0.4, -0.2) is 42.5 Å². The van der Waals surface area contributed by atoms with Crippen molar-refractivity contribution in [2.24, 2.45) is 0 Å². The SMILES string of the molecule is Cc1cnn(C2CCN(Cc3nnc(C4CC4)n3C3CC3)C2)c1. The number of aromatic nitrogens is 5. The predicted octanol–water partition coefficient (Wildman–Crippen LogP) is 2.44. The number of hydrogen-bond acceptors (Lipinski definition) is 4. The molecule has 6 nitrogen and oxygen atoms in total. The summed E-state index contributed by atoms with van der Waals surface area (Å²) in [7, 11) is 0. The Morgan fingerprint density at radius 3 is 2.65 bits per heavy atom. The third-order valence-electron chi connectivity index (χ3n) is 5.36. The van der Waals surface area contributed by atoms with Crippen molar-refractivity contribution >= 4 is 0 Å². The zero-order valence-electron chi connectivity index (χ0n) is 13.7. The second-order valence-corrected chi connectivity index (χ2v) is 7.53. The molecule has 1 aliphatic heterocycles. The van der Waals surface area contributed by atoms with E-state index in [9.17, 15) is 0 Å². The average Bonchev–Trinajstić information content (AvgIpc) is 3.44. The van der Waals surface area contributed by atoms with Gasteiger partial charge in [0.15, 0.2) is 0 Å². The highest BCUT2D eigenvalue weighted by molar-refractivity contribution is 5.12. The van der Waals surface area contributed by atoms with E-state index in [4.69, 9.17) is 0 Å². The van der Waals surface area contributed by atoms with Crippen molar-refractivity contribution in [1.29, 1.82) is 0 Å². The van der Waals surface area contributed by atoms with E-state index in [1.54, 1.807) is 0 Å². The topological polar surface area (TPSA) is 51.8 Å². The largest absolute Gasteiger partial charge is 0.311 e. The maximum absolute atomic E-state index is 4.55. The number of nitrogens with zero attached hydrogens (tertiary/aromatic N) is 6. The Bertz CT molecular complexity index is 708. The second-order valence-electron chi connectivity index (χ2n) is 7.53. The Kier molecular flexibility index (Phi) is 3.08. The van der Waals surface area contributed by atoms with E-state index in [-0.39, 0.29) is 0 Å². The Hall–Kier alpha value is -1.69. The fraction of sp³-hybridized carbons (Fsp3) is 0.706. The van der Waals surface area contributed by atoms with Gasteiger partial charge in [0.25, 0.3) is 0 Å². The van der Waals surface area contributed by atoms with Gasteiger partial charge in [0, 0.05) is 31.2 Å². The first-order valence-corrected chi connectivity index (χ1v) is 8.94. The van der Waals surface area contributed by atoms with Gasteiger partial charge in [-0.1, -0.05) is 0 Å². The Morgan fingerprint density at radius 2 is 1.96 bits per heavy atom. The fourth-order valence-corrected chi connectivity index (χ4v) is 3.80. The third-order valence-corrected chi connectivity index (χ3v) is 5.36. The molecule has 1 atom stereocenters. The molecule has 2 aliphatic carbocycles. The van der Waals surface area contributed by atoms with Crippen molar-refractivity contribution < 1.29 is 0 Å². The van der Waals surface area contributed by atoms with Crippen LogP contribution in [0, 0.1) is 6.92 Å². The van der Waals surface area contributed by atoms with Crippen molar-refractivity contribution in [1.82, 2.24) is 29.4 Å². The van der Waals surface area contributed by atoms with Crippen LogP contribution in [0.5, 0.6) is 0 Å². The van der Waals surface area contributed by atoms with E-state index in [1.165, 1.54) is 49.3 Å². The molecule has 122 valence electrons. The Balaban J connectivity index is 1.31. The second kappa shape index (κ2) is 5.16. The molecule has 0 radical (unpaired) electrons. The molecule has 0 spiro atoms. The lowest BCUT2D eigenvalue weighted by molar-refractivity contribution is 0.298. The Morgan fingerprint density at radius 1 is 1.09 bits per heavy atom. The Labute approximate surface area is 136 Å². The van der Waals surface area contributed by atoms with E-state index < -0.39 is 0 Å². The molecule has 2 aromatic rings. The quantitative estimate of drug-likeness (QED) is 0.851. The average molecular weight is 312 g/mol. The molecule has 2 saturated carbocycles. The van der Waals surface area contributed by atoms with Crippen LogP contribution in [0.2, 0.25) is 0 Å². The monoisotopic (exact) mass is 312 g/mol. The molecule has 0 bridgehead atoms. The third kappa shape index (κ3) is 2.59. The summed E-state index contributed by atoms with van der Waals surface area (Å²) in [6, 6.07) is 1.19.